The van der Waals surface area contributed by atoms with Crippen molar-refractivity contribution in [3.05, 3.63) is 83.9 Å². The standard InChI is InChI=1S/C18H12F4/c19-17(20)15(13-7-3-1-4-8-13)11-12-16(18(17,21)22)14-9-5-2-6-10-14/h1-12H. The summed E-state index contributed by atoms with van der Waals surface area (Å²) in [6.07, 6.45) is 2.16. The minimum absolute atomic E-state index is 0.0931. The summed E-state index contributed by atoms with van der Waals surface area (Å²) in [4.78, 5) is 0. The summed E-state index contributed by atoms with van der Waals surface area (Å²) in [6, 6.07) is 15.1. The fraction of sp³-hybridized carbons (Fsp3) is 0.111. The molecule has 22 heavy (non-hydrogen) atoms. The Labute approximate surface area is 125 Å². The molecule has 0 saturated heterocycles. The third kappa shape index (κ3) is 2.15. The van der Waals surface area contributed by atoms with Crippen LogP contribution in [0.25, 0.3) is 11.1 Å². The van der Waals surface area contributed by atoms with E-state index in [-0.39, 0.29) is 11.1 Å². The molecular weight excluding hydrogens is 292 g/mol. The number of hydrogen-bond donors (Lipinski definition) is 0. The Morgan fingerprint density at radius 2 is 0.818 bits per heavy atom. The van der Waals surface area contributed by atoms with Gasteiger partial charge in [-0.25, -0.2) is 0 Å². The van der Waals surface area contributed by atoms with Crippen molar-refractivity contribution in [2.45, 2.75) is 11.8 Å². The van der Waals surface area contributed by atoms with Crippen molar-refractivity contribution in [2.24, 2.45) is 0 Å². The van der Waals surface area contributed by atoms with Crippen LogP contribution in [-0.4, -0.2) is 11.8 Å². The first-order valence-electron chi connectivity index (χ1n) is 6.74. The second-order valence-corrected chi connectivity index (χ2v) is 5.04. The Morgan fingerprint density at radius 3 is 1.14 bits per heavy atom. The first kappa shape index (κ1) is 14.6. The topological polar surface area (TPSA) is 0 Å². The number of rotatable bonds is 2. The lowest BCUT2D eigenvalue weighted by Crippen LogP contribution is -2.43. The zero-order chi connectivity index (χ0) is 15.8. The van der Waals surface area contributed by atoms with Crippen LogP contribution in [0.15, 0.2) is 72.8 Å². The highest BCUT2D eigenvalue weighted by atomic mass is 19.3. The second-order valence-electron chi connectivity index (χ2n) is 5.04. The lowest BCUT2D eigenvalue weighted by Gasteiger charge is -2.33. The normalized spacial score (nSPS) is 19.3. The molecule has 0 bridgehead atoms. The largest absolute Gasteiger partial charge is 0.340 e. The molecule has 0 aliphatic heterocycles. The third-order valence-electron chi connectivity index (χ3n) is 3.66. The van der Waals surface area contributed by atoms with Crippen LogP contribution in [0, 0.1) is 0 Å². The monoisotopic (exact) mass is 304 g/mol. The van der Waals surface area contributed by atoms with Crippen LogP contribution < -0.4 is 0 Å². The molecule has 0 nitrogen and oxygen atoms in total. The van der Waals surface area contributed by atoms with Crippen LogP contribution in [0.5, 0.6) is 0 Å². The quantitative estimate of drug-likeness (QED) is 0.648. The van der Waals surface area contributed by atoms with E-state index < -0.39 is 23.0 Å². The molecule has 0 unspecified atom stereocenters. The molecule has 2 aromatic rings. The fourth-order valence-electron chi connectivity index (χ4n) is 2.50. The van der Waals surface area contributed by atoms with Crippen molar-refractivity contribution < 1.29 is 17.6 Å². The number of halogens is 4. The summed E-state index contributed by atoms with van der Waals surface area (Å²) in [5.74, 6) is -8.54. The van der Waals surface area contributed by atoms with Gasteiger partial charge in [-0.3, -0.25) is 0 Å². The van der Waals surface area contributed by atoms with E-state index in [1.165, 1.54) is 24.3 Å². The molecule has 0 saturated carbocycles. The van der Waals surface area contributed by atoms with Crippen molar-refractivity contribution in [1.29, 1.82) is 0 Å². The van der Waals surface area contributed by atoms with E-state index in [1.807, 2.05) is 0 Å². The minimum atomic E-state index is -4.27. The van der Waals surface area contributed by atoms with Crippen molar-refractivity contribution >= 4 is 11.1 Å². The average molecular weight is 304 g/mol. The van der Waals surface area contributed by atoms with E-state index in [0.717, 1.165) is 12.2 Å². The molecule has 112 valence electrons. The molecule has 0 aromatic heterocycles. The van der Waals surface area contributed by atoms with Gasteiger partial charge in [0.05, 0.1) is 0 Å². The lowest BCUT2D eigenvalue weighted by atomic mass is 9.84. The molecule has 0 fully saturated rings. The van der Waals surface area contributed by atoms with E-state index in [2.05, 4.69) is 0 Å². The summed E-state index contributed by atoms with van der Waals surface area (Å²) in [6.45, 7) is 0. The van der Waals surface area contributed by atoms with Crippen LogP contribution in [0.3, 0.4) is 0 Å². The molecule has 1 aliphatic carbocycles. The number of benzene rings is 2. The highest BCUT2D eigenvalue weighted by Gasteiger charge is 2.62. The van der Waals surface area contributed by atoms with Crippen LogP contribution in [-0.2, 0) is 0 Å². The zero-order valence-electron chi connectivity index (χ0n) is 11.4. The van der Waals surface area contributed by atoms with Gasteiger partial charge in [0.1, 0.15) is 0 Å². The number of alkyl halides is 4. The molecule has 4 heteroatoms. The third-order valence-corrected chi connectivity index (χ3v) is 3.66. The Kier molecular flexibility index (Phi) is 3.39. The summed E-state index contributed by atoms with van der Waals surface area (Å²) in [5, 5.41) is 0. The Balaban J connectivity index is 2.16. The second kappa shape index (κ2) is 5.13. The summed E-state index contributed by atoms with van der Waals surface area (Å²) in [7, 11) is 0. The highest BCUT2D eigenvalue weighted by Crippen LogP contribution is 2.53. The molecule has 1 aliphatic rings. The predicted octanol–water partition coefficient (Wildman–Crippen LogP) is 5.44. The maximum Gasteiger partial charge on any atom is 0.340 e. The number of hydrogen-bond acceptors (Lipinski definition) is 0. The van der Waals surface area contributed by atoms with Gasteiger partial charge in [-0.05, 0) is 11.1 Å². The van der Waals surface area contributed by atoms with E-state index in [1.54, 1.807) is 36.4 Å². The van der Waals surface area contributed by atoms with Gasteiger partial charge < -0.3 is 0 Å². The summed E-state index contributed by atoms with van der Waals surface area (Å²) < 4.78 is 57.6. The van der Waals surface area contributed by atoms with Gasteiger partial charge in [0.2, 0.25) is 0 Å². The molecule has 2 aromatic carbocycles. The van der Waals surface area contributed by atoms with Gasteiger partial charge in [-0.1, -0.05) is 72.8 Å². The molecule has 0 radical (unpaired) electrons. The smallest absolute Gasteiger partial charge is 0.194 e. The maximum absolute atomic E-state index is 14.4. The highest BCUT2D eigenvalue weighted by molar-refractivity contribution is 5.86. The minimum Gasteiger partial charge on any atom is -0.194 e. The molecule has 0 heterocycles. The van der Waals surface area contributed by atoms with Crippen molar-refractivity contribution in [3.63, 3.8) is 0 Å². The fourth-order valence-corrected chi connectivity index (χ4v) is 2.50. The average Bonchev–Trinajstić information content (AvgIpc) is 2.51. The van der Waals surface area contributed by atoms with Gasteiger partial charge in [0.25, 0.3) is 0 Å². The molecule has 0 atom stereocenters. The van der Waals surface area contributed by atoms with Crippen molar-refractivity contribution in [3.8, 4) is 0 Å². The maximum atomic E-state index is 14.4. The lowest BCUT2D eigenvalue weighted by molar-refractivity contribution is -0.133. The Hall–Kier alpha value is -2.36. The van der Waals surface area contributed by atoms with Crippen LogP contribution in [0.1, 0.15) is 11.1 Å². The number of allylic oxidation sites excluding steroid dienone is 4. The van der Waals surface area contributed by atoms with E-state index >= 15 is 0 Å². The zero-order valence-corrected chi connectivity index (χ0v) is 11.4. The predicted molar refractivity (Wildman–Crippen MR) is 78.7 cm³/mol. The van der Waals surface area contributed by atoms with Crippen LogP contribution in [0.2, 0.25) is 0 Å². The Bertz CT molecular complexity index is 663. The van der Waals surface area contributed by atoms with Gasteiger partial charge >= 0.3 is 11.8 Å². The molecule has 0 amide bonds. The molecular formula is C18H12F4. The first-order valence-corrected chi connectivity index (χ1v) is 6.74. The van der Waals surface area contributed by atoms with Crippen LogP contribution in [0.4, 0.5) is 17.6 Å². The van der Waals surface area contributed by atoms with E-state index in [0.29, 0.717) is 0 Å². The first-order chi connectivity index (χ1) is 10.4. The van der Waals surface area contributed by atoms with E-state index in [4.69, 9.17) is 0 Å². The van der Waals surface area contributed by atoms with Gasteiger partial charge in [0, 0.05) is 11.1 Å². The van der Waals surface area contributed by atoms with Gasteiger partial charge in [-0.2, -0.15) is 17.6 Å². The molecule has 3 rings (SSSR count). The molecule has 0 N–H and O–H groups in total. The van der Waals surface area contributed by atoms with Gasteiger partial charge in [-0.15, -0.1) is 0 Å². The van der Waals surface area contributed by atoms with Crippen LogP contribution >= 0.6 is 0 Å². The molecule has 0 spiro atoms. The van der Waals surface area contributed by atoms with Crippen molar-refractivity contribution in [2.75, 3.05) is 0 Å². The SMILES string of the molecule is FC1(F)C(c2ccccc2)=CC=C(c2ccccc2)C1(F)F. The Morgan fingerprint density at radius 1 is 0.500 bits per heavy atom. The van der Waals surface area contributed by atoms with Gasteiger partial charge in [0.15, 0.2) is 0 Å². The summed E-state index contributed by atoms with van der Waals surface area (Å²) in [5.41, 5.74) is -1.15. The van der Waals surface area contributed by atoms with Crippen molar-refractivity contribution in [1.82, 2.24) is 0 Å². The van der Waals surface area contributed by atoms with E-state index in [9.17, 15) is 17.6 Å². The summed E-state index contributed by atoms with van der Waals surface area (Å²) >= 11 is 0.